The molecule has 1 radical (unpaired) electrons. The van der Waals surface area contributed by atoms with Crippen LogP contribution < -0.4 is 0 Å². The van der Waals surface area contributed by atoms with Gasteiger partial charge >= 0.3 is 0 Å². The molecule has 0 aliphatic heterocycles. The van der Waals surface area contributed by atoms with Crippen molar-refractivity contribution in [2.75, 3.05) is 5.75 Å². The van der Waals surface area contributed by atoms with Gasteiger partial charge in [-0.05, 0) is 0 Å². The van der Waals surface area contributed by atoms with Crippen LogP contribution in [-0.4, -0.2) is 29.2 Å². The van der Waals surface area contributed by atoms with Gasteiger partial charge in [-0.15, -0.1) is 5.10 Å². The summed E-state index contributed by atoms with van der Waals surface area (Å²) in [6.07, 6.45) is 1.49. The Morgan fingerprint density at radius 3 is 2.75 bits per heavy atom. The van der Waals surface area contributed by atoms with Gasteiger partial charge in [-0.1, -0.05) is 12.1 Å². The van der Waals surface area contributed by atoms with Crippen LogP contribution in [0.4, 0.5) is 0 Å². The molecule has 5 nitrogen and oxygen atoms in total. The van der Waals surface area contributed by atoms with Crippen LogP contribution in [0.25, 0.3) is 0 Å². The fourth-order valence-corrected chi connectivity index (χ4v) is 1.52. The summed E-state index contributed by atoms with van der Waals surface area (Å²) in [5.41, 5.74) is 0.437. The molecule has 0 N–H and O–H groups in total. The summed E-state index contributed by atoms with van der Waals surface area (Å²) in [5, 5.41) is 7.15. The summed E-state index contributed by atoms with van der Waals surface area (Å²) in [5.74, 6) is 0.0655. The molecule has 0 aliphatic carbocycles. The van der Waals surface area contributed by atoms with Crippen molar-refractivity contribution in [1.29, 1.82) is 0 Å². The van der Waals surface area contributed by atoms with Gasteiger partial charge in [0, 0.05) is 11.9 Å². The van der Waals surface area contributed by atoms with E-state index < -0.39 is 9.84 Å². The van der Waals surface area contributed by atoms with Crippen LogP contribution in [0.2, 0.25) is 0 Å². The smallest absolute Gasteiger partial charge is 0.155 e. The number of rotatable bonds is 3. The quantitative estimate of drug-likeness (QED) is 0.661. The summed E-state index contributed by atoms with van der Waals surface area (Å²) in [6, 6.07) is 0. The molecule has 6 heteroatoms. The van der Waals surface area contributed by atoms with Crippen molar-refractivity contribution in [3.05, 3.63) is 18.9 Å². The molecular weight excluding hydrogens is 178 g/mol. The van der Waals surface area contributed by atoms with E-state index in [0.29, 0.717) is 5.69 Å². The molecule has 0 spiro atoms. The monoisotopic (exact) mass is 188 g/mol. The topological polar surface area (TPSA) is 64.8 Å². The molecule has 0 saturated heterocycles. The van der Waals surface area contributed by atoms with E-state index in [4.69, 9.17) is 0 Å². The van der Waals surface area contributed by atoms with Crippen molar-refractivity contribution < 1.29 is 8.42 Å². The molecule has 0 fully saturated rings. The third kappa shape index (κ3) is 2.30. The second-order valence-electron chi connectivity index (χ2n) is 2.43. The molecule has 0 saturated carbocycles. The first kappa shape index (κ1) is 9.18. The fourth-order valence-electron chi connectivity index (χ4n) is 0.732. The number of nitrogens with zero attached hydrogens (tertiary/aromatic N) is 3. The average molecular weight is 188 g/mol. The zero-order chi connectivity index (χ0) is 9.19. The molecule has 0 aliphatic rings. The first-order valence-corrected chi connectivity index (χ1v) is 5.28. The molecule has 1 heterocycles. The molecule has 1 aromatic rings. The van der Waals surface area contributed by atoms with E-state index in [9.17, 15) is 8.42 Å². The molecular formula is C6H10N3O2S. The van der Waals surface area contributed by atoms with Crippen molar-refractivity contribution in [2.45, 2.75) is 12.7 Å². The van der Waals surface area contributed by atoms with Crippen molar-refractivity contribution in [3.63, 3.8) is 0 Å². The van der Waals surface area contributed by atoms with Gasteiger partial charge in [0.2, 0.25) is 0 Å². The van der Waals surface area contributed by atoms with Gasteiger partial charge in [-0.2, -0.15) is 0 Å². The van der Waals surface area contributed by atoms with Crippen LogP contribution >= 0.6 is 0 Å². The second kappa shape index (κ2) is 3.22. The maximum atomic E-state index is 11.1. The predicted molar refractivity (Wildman–Crippen MR) is 43.9 cm³/mol. The van der Waals surface area contributed by atoms with E-state index in [1.807, 2.05) is 0 Å². The summed E-state index contributed by atoms with van der Waals surface area (Å²) in [6.45, 7) is 1.60. The van der Waals surface area contributed by atoms with Crippen LogP contribution in [0, 0.1) is 7.05 Å². The first-order chi connectivity index (χ1) is 5.53. The minimum Gasteiger partial charge on any atom is -0.250 e. The Kier molecular flexibility index (Phi) is 2.46. The third-order valence-electron chi connectivity index (χ3n) is 1.39. The highest BCUT2D eigenvalue weighted by Crippen LogP contribution is 2.01. The van der Waals surface area contributed by atoms with E-state index >= 15 is 0 Å². The van der Waals surface area contributed by atoms with E-state index in [1.54, 1.807) is 6.92 Å². The Hall–Kier alpha value is -0.910. The lowest BCUT2D eigenvalue weighted by molar-refractivity contribution is 0.595. The Morgan fingerprint density at radius 2 is 2.33 bits per heavy atom. The molecule has 0 bridgehead atoms. The van der Waals surface area contributed by atoms with E-state index in [0.717, 1.165) is 0 Å². The maximum absolute atomic E-state index is 11.1. The zero-order valence-corrected chi connectivity index (χ0v) is 7.58. The van der Waals surface area contributed by atoms with Gasteiger partial charge in [0.15, 0.2) is 9.84 Å². The molecule has 0 atom stereocenters. The van der Waals surface area contributed by atoms with E-state index in [1.165, 1.54) is 10.9 Å². The van der Waals surface area contributed by atoms with Gasteiger partial charge < -0.3 is 0 Å². The molecule has 1 rings (SSSR count). The Labute approximate surface area is 71.3 Å². The Bertz CT molecular complexity index is 355. The van der Waals surface area contributed by atoms with Crippen LogP contribution in [0.1, 0.15) is 12.6 Å². The maximum Gasteiger partial charge on any atom is 0.155 e. The SMILES string of the molecule is [CH2]n1cc(CS(=O)(=O)CC)nn1. The summed E-state index contributed by atoms with van der Waals surface area (Å²) in [4.78, 5) is 0. The highest BCUT2D eigenvalue weighted by Gasteiger charge is 2.10. The third-order valence-corrected chi connectivity index (χ3v) is 3.01. The lowest BCUT2D eigenvalue weighted by Gasteiger charge is -1.94. The molecule has 67 valence electrons. The minimum atomic E-state index is -3.00. The molecule has 1 aromatic heterocycles. The zero-order valence-electron chi connectivity index (χ0n) is 6.77. The predicted octanol–water partition coefficient (Wildman–Crippen LogP) is -0.148. The summed E-state index contributed by atoms with van der Waals surface area (Å²) >= 11 is 0. The van der Waals surface area contributed by atoms with Crippen LogP contribution in [0.3, 0.4) is 0 Å². The molecule has 0 aromatic carbocycles. The lowest BCUT2D eigenvalue weighted by atomic mass is 10.6. The average Bonchev–Trinajstić information content (AvgIpc) is 2.35. The van der Waals surface area contributed by atoms with Gasteiger partial charge in [0.1, 0.15) is 0 Å². The Morgan fingerprint density at radius 1 is 1.67 bits per heavy atom. The minimum absolute atomic E-state index is 0.0565. The van der Waals surface area contributed by atoms with E-state index in [-0.39, 0.29) is 11.5 Å². The number of hydrogen-bond donors (Lipinski definition) is 0. The van der Waals surface area contributed by atoms with Gasteiger partial charge in [-0.25, -0.2) is 8.42 Å². The van der Waals surface area contributed by atoms with Crippen LogP contribution in [0.15, 0.2) is 6.20 Å². The summed E-state index contributed by atoms with van der Waals surface area (Å²) in [7, 11) is 0.442. The molecule has 0 amide bonds. The highest BCUT2D eigenvalue weighted by atomic mass is 32.2. The Balaban J connectivity index is 2.77. The van der Waals surface area contributed by atoms with Crippen LogP contribution in [-0.2, 0) is 15.6 Å². The van der Waals surface area contributed by atoms with Crippen molar-refractivity contribution in [3.8, 4) is 0 Å². The number of hydrogen-bond acceptors (Lipinski definition) is 4. The molecule has 0 unspecified atom stereocenters. The second-order valence-corrected chi connectivity index (χ2v) is 4.78. The van der Waals surface area contributed by atoms with Crippen molar-refractivity contribution in [2.24, 2.45) is 0 Å². The summed E-state index contributed by atoms with van der Waals surface area (Å²) < 4.78 is 23.4. The number of aromatic nitrogens is 3. The van der Waals surface area contributed by atoms with Gasteiger partial charge in [0.05, 0.1) is 18.5 Å². The normalized spacial score (nSPS) is 11.8. The lowest BCUT2D eigenvalue weighted by Crippen LogP contribution is -2.06. The fraction of sp³-hybridized carbons (Fsp3) is 0.500. The standard InChI is InChI=1S/C6H10N3O2S/c1-3-12(10,11)5-6-4-9(2)8-7-6/h4H,2-3,5H2,1H3. The van der Waals surface area contributed by atoms with Crippen molar-refractivity contribution in [1.82, 2.24) is 15.0 Å². The van der Waals surface area contributed by atoms with E-state index in [2.05, 4.69) is 17.4 Å². The largest absolute Gasteiger partial charge is 0.250 e. The van der Waals surface area contributed by atoms with Gasteiger partial charge in [-0.3, -0.25) is 4.68 Å². The van der Waals surface area contributed by atoms with Gasteiger partial charge in [0.25, 0.3) is 0 Å². The van der Waals surface area contributed by atoms with Crippen LogP contribution in [0.5, 0.6) is 0 Å². The first-order valence-electron chi connectivity index (χ1n) is 3.46. The highest BCUT2D eigenvalue weighted by molar-refractivity contribution is 7.90. The molecule has 12 heavy (non-hydrogen) atoms. The van der Waals surface area contributed by atoms with Crippen molar-refractivity contribution >= 4 is 9.84 Å². The number of sulfone groups is 1.